The van der Waals surface area contributed by atoms with E-state index in [1.54, 1.807) is 11.8 Å². The van der Waals surface area contributed by atoms with Crippen molar-refractivity contribution in [3.8, 4) is 17.1 Å². The lowest BCUT2D eigenvalue weighted by molar-refractivity contribution is 0.0918. The molecule has 0 radical (unpaired) electrons. The quantitative estimate of drug-likeness (QED) is 0.531. The highest BCUT2D eigenvalue weighted by molar-refractivity contribution is 8.16. The van der Waals surface area contributed by atoms with Crippen molar-refractivity contribution in [1.29, 1.82) is 0 Å². The predicted octanol–water partition coefficient (Wildman–Crippen LogP) is 5.05. The number of hydrogen-bond donors (Lipinski definition) is 1. The lowest BCUT2D eigenvalue weighted by Crippen LogP contribution is -2.37. The molecule has 3 aromatic heterocycles. The minimum absolute atomic E-state index is 0.0609. The zero-order chi connectivity index (χ0) is 23.8. The predicted molar refractivity (Wildman–Crippen MR) is 136 cm³/mol. The fourth-order valence-electron chi connectivity index (χ4n) is 4.62. The second-order valence-electron chi connectivity index (χ2n) is 9.61. The Morgan fingerprint density at radius 3 is 2.61 bits per heavy atom. The molecule has 3 aromatic rings. The molecule has 0 aliphatic heterocycles. The van der Waals surface area contributed by atoms with Gasteiger partial charge >= 0.3 is 0 Å². The van der Waals surface area contributed by atoms with Gasteiger partial charge in [0.25, 0.3) is 5.91 Å². The summed E-state index contributed by atoms with van der Waals surface area (Å²) in [4.78, 5) is 18.7. The number of nitrogens with zero attached hydrogens (tertiary/aromatic N) is 4. The first-order valence-electron chi connectivity index (χ1n) is 11.7. The number of methoxy groups -OCH3 is 1. The molecule has 1 aliphatic rings. The molecule has 1 saturated carbocycles. The van der Waals surface area contributed by atoms with Gasteiger partial charge < -0.3 is 10.1 Å². The summed E-state index contributed by atoms with van der Waals surface area (Å²) >= 11 is 0. The zero-order valence-electron chi connectivity index (χ0n) is 20.5. The van der Waals surface area contributed by atoms with Crippen LogP contribution in [0, 0.1) is 0 Å². The number of carbonyl (C=O) groups is 1. The summed E-state index contributed by atoms with van der Waals surface area (Å²) in [5.74, 6) is 0.777. The molecular weight excluding hydrogens is 434 g/mol. The number of carbonyl (C=O) groups excluding carboxylic acids is 1. The van der Waals surface area contributed by atoms with Gasteiger partial charge in [0.05, 0.1) is 23.9 Å². The van der Waals surface area contributed by atoms with Crippen molar-refractivity contribution < 1.29 is 9.53 Å². The molecule has 33 heavy (non-hydrogen) atoms. The average Bonchev–Trinajstić information content (AvgIpc) is 3.36. The third kappa shape index (κ3) is 4.71. The molecule has 3 heterocycles. The van der Waals surface area contributed by atoms with Gasteiger partial charge in [0.1, 0.15) is 22.8 Å². The van der Waals surface area contributed by atoms with Gasteiger partial charge in [0.15, 0.2) is 0 Å². The van der Waals surface area contributed by atoms with Gasteiger partial charge in [-0.3, -0.25) is 13.9 Å². The van der Waals surface area contributed by atoms with E-state index in [-0.39, 0.29) is 27.2 Å². The number of imidazole rings is 1. The van der Waals surface area contributed by atoms with Crippen molar-refractivity contribution in [2.45, 2.75) is 75.5 Å². The molecule has 7 nitrogen and oxygen atoms in total. The smallest absolute Gasteiger partial charge is 0.269 e. The van der Waals surface area contributed by atoms with E-state index in [0.29, 0.717) is 5.69 Å². The third-order valence-corrected chi connectivity index (χ3v) is 8.81. The molecule has 0 spiro atoms. The van der Waals surface area contributed by atoms with Gasteiger partial charge in [0.2, 0.25) is 0 Å². The van der Waals surface area contributed by atoms with E-state index >= 15 is 0 Å². The first-order chi connectivity index (χ1) is 15.7. The van der Waals surface area contributed by atoms with Crippen molar-refractivity contribution in [2.75, 3.05) is 7.11 Å². The number of amides is 1. The van der Waals surface area contributed by atoms with Crippen molar-refractivity contribution in [3.05, 3.63) is 30.2 Å². The summed E-state index contributed by atoms with van der Waals surface area (Å²) in [5, 5.41) is 10.1. The van der Waals surface area contributed by atoms with Gasteiger partial charge in [-0.25, -0.2) is 4.98 Å². The molecule has 1 N–H and O–H groups in total. The lowest BCUT2D eigenvalue weighted by Gasteiger charge is -2.26. The number of hydrogen-bond acceptors (Lipinski definition) is 4. The molecule has 1 unspecified atom stereocenters. The molecule has 4 rings (SSSR count). The first-order valence-corrected chi connectivity index (χ1v) is 12.9. The minimum Gasteiger partial charge on any atom is -0.495 e. The number of aryl methyl sites for hydroxylation is 1. The third-order valence-electron chi connectivity index (χ3n) is 6.24. The molecule has 0 saturated heterocycles. The largest absolute Gasteiger partial charge is 0.495 e. The average molecular weight is 470 g/mol. The van der Waals surface area contributed by atoms with Crippen LogP contribution in [0.3, 0.4) is 0 Å². The molecule has 1 fully saturated rings. The van der Waals surface area contributed by atoms with Crippen LogP contribution in [0.15, 0.2) is 29.4 Å². The van der Waals surface area contributed by atoms with E-state index in [1.807, 2.05) is 25.4 Å². The molecule has 0 bridgehead atoms. The van der Waals surface area contributed by atoms with Crippen LogP contribution in [-0.2, 0) is 7.05 Å². The second kappa shape index (κ2) is 9.33. The van der Waals surface area contributed by atoms with Gasteiger partial charge in [-0.15, -0.1) is 10.5 Å². The minimum atomic E-state index is -0.128. The normalized spacial score (nSPS) is 16.3. The second-order valence-corrected chi connectivity index (χ2v) is 12.4. The number of ether oxygens (including phenoxy) is 1. The number of pyridine rings is 1. The fraction of sp³-hybridized carbons (Fsp3) is 0.520. The van der Waals surface area contributed by atoms with Crippen molar-refractivity contribution in [3.63, 3.8) is 0 Å². The number of aromatic nitrogens is 4. The molecule has 178 valence electrons. The highest BCUT2D eigenvalue weighted by Crippen LogP contribution is 2.44. The number of nitrogens with one attached hydrogen (secondary N) is 1. The first kappa shape index (κ1) is 23.5. The van der Waals surface area contributed by atoms with Gasteiger partial charge in [-0.2, -0.15) is 5.10 Å². The molecule has 0 aromatic carbocycles. The van der Waals surface area contributed by atoms with Crippen LogP contribution in [0.2, 0.25) is 0 Å². The Kier molecular flexibility index (Phi) is 6.66. The maximum atomic E-state index is 12.9. The van der Waals surface area contributed by atoms with E-state index in [2.05, 4.69) is 59.1 Å². The van der Waals surface area contributed by atoms with Crippen molar-refractivity contribution in [1.82, 2.24) is 24.5 Å². The number of rotatable bonds is 5. The molecule has 1 aliphatic carbocycles. The molecular formula is C25H35N5O2S. The highest BCUT2D eigenvalue weighted by atomic mass is 32.2. The van der Waals surface area contributed by atoms with E-state index in [0.717, 1.165) is 40.5 Å². The topological polar surface area (TPSA) is 73.5 Å². The monoisotopic (exact) mass is 469 g/mol. The van der Waals surface area contributed by atoms with Crippen LogP contribution in [0.5, 0.6) is 5.75 Å². The van der Waals surface area contributed by atoms with Crippen LogP contribution in [-0.4, -0.2) is 48.3 Å². The van der Waals surface area contributed by atoms with Crippen molar-refractivity contribution in [2.24, 2.45) is 7.05 Å². The maximum absolute atomic E-state index is 12.9. The van der Waals surface area contributed by atoms with Gasteiger partial charge in [-0.1, -0.05) is 45.4 Å². The highest BCUT2D eigenvalue weighted by Gasteiger charge is 2.24. The summed E-state index contributed by atoms with van der Waals surface area (Å²) < 4.78 is 9.51. The van der Waals surface area contributed by atoms with E-state index in [4.69, 9.17) is 4.74 Å². The van der Waals surface area contributed by atoms with Crippen LogP contribution < -0.4 is 10.1 Å². The standard InChI is InChI=1S/C25H35N5O2S/c1-7-33(25(2,3)4)22-16-30-20(15-26-23(30)14-21(22)32-6)18-13-19(29(5)28-18)24(31)27-17-11-9-8-10-12-17/h7,13-17H,8-12H2,1-6H3,(H,27,31). The van der Waals surface area contributed by atoms with Gasteiger partial charge in [-0.05, 0) is 25.8 Å². The summed E-state index contributed by atoms with van der Waals surface area (Å²) in [6.45, 7) is 8.82. The van der Waals surface area contributed by atoms with Crippen LogP contribution >= 0.6 is 10.5 Å². The van der Waals surface area contributed by atoms with Crippen LogP contribution in [0.4, 0.5) is 0 Å². The Bertz CT molecular complexity index is 1200. The summed E-state index contributed by atoms with van der Waals surface area (Å²) in [6.07, 6.45) is 9.66. The van der Waals surface area contributed by atoms with E-state index in [9.17, 15) is 4.79 Å². The van der Waals surface area contributed by atoms with Crippen LogP contribution in [0.25, 0.3) is 17.0 Å². The fourth-order valence-corrected chi connectivity index (χ4v) is 6.82. The Labute approximate surface area is 198 Å². The Hall–Kier alpha value is -2.61. The molecule has 8 heteroatoms. The summed E-state index contributed by atoms with van der Waals surface area (Å²) in [5.41, 5.74) is 2.94. The summed E-state index contributed by atoms with van der Waals surface area (Å²) in [7, 11) is 3.40. The molecule has 1 amide bonds. The Morgan fingerprint density at radius 2 is 1.97 bits per heavy atom. The Morgan fingerprint density at radius 1 is 1.24 bits per heavy atom. The number of fused-ring (bicyclic) bond motifs is 1. The van der Waals surface area contributed by atoms with Gasteiger partial charge in [0, 0.05) is 30.1 Å². The zero-order valence-corrected chi connectivity index (χ0v) is 21.3. The van der Waals surface area contributed by atoms with Crippen LogP contribution in [0.1, 0.15) is 70.3 Å². The SMILES string of the molecule is C/C=S(\c1cn2c(-c3cc(C(=O)NC4CCCCC4)n(C)n3)cnc2cc1OC)C(C)(C)C. The summed E-state index contributed by atoms with van der Waals surface area (Å²) in [6, 6.07) is 4.10. The van der Waals surface area contributed by atoms with E-state index < -0.39 is 0 Å². The Balaban J connectivity index is 1.72. The maximum Gasteiger partial charge on any atom is 0.269 e. The van der Waals surface area contributed by atoms with Crippen molar-refractivity contribution >= 4 is 27.4 Å². The molecule has 1 atom stereocenters. The lowest BCUT2D eigenvalue weighted by atomic mass is 9.95. The van der Waals surface area contributed by atoms with E-state index in [1.165, 1.54) is 19.3 Å².